The molecule has 0 saturated carbocycles. The predicted octanol–water partition coefficient (Wildman–Crippen LogP) is 6.43. The fourth-order valence-corrected chi connectivity index (χ4v) is 3.61. The highest BCUT2D eigenvalue weighted by Crippen LogP contribution is 2.36. The molecule has 0 radical (unpaired) electrons. The second kappa shape index (κ2) is 8.76. The monoisotopic (exact) mass is 458 g/mol. The van der Waals surface area contributed by atoms with Gasteiger partial charge in [-0.05, 0) is 24.3 Å². The Kier molecular flexibility index (Phi) is 7.20. The fourth-order valence-electron chi connectivity index (χ4n) is 1.95. The molecule has 0 heterocycles. The number of nitrogens with zero attached hydrogens (tertiary/aromatic N) is 2. The van der Waals surface area contributed by atoms with Gasteiger partial charge in [0, 0.05) is 17.8 Å². The van der Waals surface area contributed by atoms with Crippen LogP contribution in [-0.2, 0) is 0 Å². The lowest BCUT2D eigenvalue weighted by Gasteiger charge is -2.21. The van der Waals surface area contributed by atoms with Crippen molar-refractivity contribution in [3.63, 3.8) is 0 Å². The Morgan fingerprint density at radius 2 is 1.48 bits per heavy atom. The molecule has 2 aromatic rings. The van der Waals surface area contributed by atoms with Crippen LogP contribution >= 0.6 is 69.6 Å². The molecule has 2 aromatic carbocycles. The number of guanidine groups is 1. The summed E-state index contributed by atoms with van der Waals surface area (Å²) < 4.78 is 0. The Balaban J connectivity index is 2.12. The normalized spacial score (nSPS) is 11.6. The molecule has 3 N–H and O–H groups in total. The molecule has 0 atom stereocenters. The van der Waals surface area contributed by atoms with Crippen molar-refractivity contribution in [2.75, 3.05) is 23.9 Å². The van der Waals surface area contributed by atoms with Crippen LogP contribution in [0.5, 0.6) is 0 Å². The number of hydrogen-bond donors (Lipinski definition) is 2. The SMILES string of the molecule is CN(C(N)=NCNc1cc(Cl)c(Cl)c(Cl)c1)c1c(Cl)cc(Cl)cc1Cl. The van der Waals surface area contributed by atoms with Crippen molar-refractivity contribution in [3.8, 4) is 0 Å². The second-order valence-electron chi connectivity index (χ2n) is 4.88. The first-order valence-corrected chi connectivity index (χ1v) is 9.04. The summed E-state index contributed by atoms with van der Waals surface area (Å²) in [5.74, 6) is 0.199. The first-order valence-electron chi connectivity index (χ1n) is 6.77. The topological polar surface area (TPSA) is 53.6 Å². The highest BCUT2D eigenvalue weighted by Gasteiger charge is 2.15. The van der Waals surface area contributed by atoms with E-state index < -0.39 is 0 Å². The summed E-state index contributed by atoms with van der Waals surface area (Å²) in [4.78, 5) is 5.78. The summed E-state index contributed by atoms with van der Waals surface area (Å²) in [5.41, 5.74) is 7.15. The molecule has 0 fully saturated rings. The minimum atomic E-state index is 0.174. The number of rotatable bonds is 4. The van der Waals surface area contributed by atoms with Crippen LogP contribution in [0, 0.1) is 0 Å². The minimum absolute atomic E-state index is 0.174. The number of nitrogens with two attached hydrogens (primary N) is 1. The van der Waals surface area contributed by atoms with Crippen molar-refractivity contribution in [1.29, 1.82) is 0 Å². The molecule has 0 amide bonds. The molecule has 0 aromatic heterocycles. The van der Waals surface area contributed by atoms with Gasteiger partial charge < -0.3 is 16.0 Å². The van der Waals surface area contributed by atoms with Gasteiger partial charge in [-0.3, -0.25) is 0 Å². The maximum Gasteiger partial charge on any atom is 0.197 e. The van der Waals surface area contributed by atoms with Crippen LogP contribution in [0.2, 0.25) is 30.1 Å². The summed E-state index contributed by atoms with van der Waals surface area (Å²) in [6.45, 7) is 0.174. The van der Waals surface area contributed by atoms with E-state index in [0.717, 1.165) is 0 Å². The second-order valence-corrected chi connectivity index (χ2v) is 7.33. The highest BCUT2D eigenvalue weighted by molar-refractivity contribution is 6.48. The fraction of sp³-hybridized carbons (Fsp3) is 0.133. The first kappa shape index (κ1) is 20.6. The molecule has 0 aliphatic carbocycles. The number of halogens is 6. The lowest BCUT2D eigenvalue weighted by molar-refractivity contribution is 1.09. The summed E-state index contributed by atoms with van der Waals surface area (Å²) in [7, 11) is 1.69. The Morgan fingerprint density at radius 1 is 0.960 bits per heavy atom. The van der Waals surface area contributed by atoms with Crippen LogP contribution in [0.1, 0.15) is 0 Å². The Labute approximate surface area is 175 Å². The van der Waals surface area contributed by atoms with Gasteiger partial charge in [0.25, 0.3) is 0 Å². The van der Waals surface area contributed by atoms with E-state index >= 15 is 0 Å². The van der Waals surface area contributed by atoms with Crippen molar-refractivity contribution in [2.24, 2.45) is 10.7 Å². The highest BCUT2D eigenvalue weighted by atomic mass is 35.5. The molecule has 0 bridgehead atoms. The van der Waals surface area contributed by atoms with Gasteiger partial charge in [0.1, 0.15) is 6.67 Å². The van der Waals surface area contributed by atoms with Crippen LogP contribution in [-0.4, -0.2) is 19.7 Å². The van der Waals surface area contributed by atoms with E-state index in [1.54, 1.807) is 36.2 Å². The largest absolute Gasteiger partial charge is 0.369 e. The number of anilines is 2. The van der Waals surface area contributed by atoms with Crippen molar-refractivity contribution < 1.29 is 0 Å². The van der Waals surface area contributed by atoms with E-state index in [1.807, 2.05) is 0 Å². The van der Waals surface area contributed by atoms with Crippen LogP contribution in [0.4, 0.5) is 11.4 Å². The van der Waals surface area contributed by atoms with Crippen LogP contribution in [0.3, 0.4) is 0 Å². The molecule has 134 valence electrons. The zero-order chi connectivity index (χ0) is 18.7. The Hall–Kier alpha value is -0.750. The lowest BCUT2D eigenvalue weighted by atomic mass is 10.3. The molecule has 2 rings (SSSR count). The van der Waals surface area contributed by atoms with Gasteiger partial charge in [-0.1, -0.05) is 69.6 Å². The van der Waals surface area contributed by atoms with E-state index in [1.165, 1.54) is 0 Å². The van der Waals surface area contributed by atoms with Crippen LogP contribution in [0.25, 0.3) is 0 Å². The van der Waals surface area contributed by atoms with Gasteiger partial charge in [0.2, 0.25) is 0 Å². The molecule has 0 aliphatic heterocycles. The van der Waals surface area contributed by atoms with Crippen LogP contribution < -0.4 is 16.0 Å². The quantitative estimate of drug-likeness (QED) is 0.314. The average molecular weight is 461 g/mol. The van der Waals surface area contributed by atoms with E-state index in [9.17, 15) is 0 Å². The predicted molar refractivity (Wildman–Crippen MR) is 111 cm³/mol. The Morgan fingerprint density at radius 3 is 2.00 bits per heavy atom. The summed E-state index contributed by atoms with van der Waals surface area (Å²) in [6.07, 6.45) is 0. The molecule has 0 unspecified atom stereocenters. The number of hydrogen-bond acceptors (Lipinski definition) is 2. The number of benzene rings is 2. The van der Waals surface area contributed by atoms with Gasteiger partial charge in [-0.15, -0.1) is 0 Å². The van der Waals surface area contributed by atoms with Crippen molar-refractivity contribution in [1.82, 2.24) is 0 Å². The molecule has 4 nitrogen and oxygen atoms in total. The smallest absolute Gasteiger partial charge is 0.197 e. The molecule has 0 saturated heterocycles. The zero-order valence-electron chi connectivity index (χ0n) is 12.8. The minimum Gasteiger partial charge on any atom is -0.369 e. The molecule has 10 heteroatoms. The summed E-state index contributed by atoms with van der Waals surface area (Å²) in [5, 5.41) is 5.15. The third-order valence-electron chi connectivity index (χ3n) is 3.17. The third kappa shape index (κ3) is 5.13. The number of aliphatic imine (C=N–C) groups is 1. The molecule has 25 heavy (non-hydrogen) atoms. The van der Waals surface area contributed by atoms with Crippen molar-refractivity contribution in [2.45, 2.75) is 0 Å². The third-order valence-corrected chi connectivity index (χ3v) is 5.16. The van der Waals surface area contributed by atoms with Crippen LogP contribution in [0.15, 0.2) is 29.3 Å². The van der Waals surface area contributed by atoms with Crippen molar-refractivity contribution >= 4 is 86.9 Å². The first-order chi connectivity index (χ1) is 11.7. The van der Waals surface area contributed by atoms with E-state index in [2.05, 4.69) is 10.3 Å². The van der Waals surface area contributed by atoms with Gasteiger partial charge in [-0.2, -0.15) is 0 Å². The van der Waals surface area contributed by atoms with Gasteiger partial charge in [0.15, 0.2) is 5.96 Å². The molecule has 0 aliphatic rings. The molecular weight excluding hydrogens is 449 g/mol. The molecule has 0 spiro atoms. The number of nitrogens with one attached hydrogen (secondary N) is 1. The molecular formula is C15H12Cl6N4. The van der Waals surface area contributed by atoms with Gasteiger partial charge in [0.05, 0.1) is 30.8 Å². The Bertz CT molecular complexity index is 778. The van der Waals surface area contributed by atoms with E-state index in [4.69, 9.17) is 75.3 Å². The zero-order valence-corrected chi connectivity index (χ0v) is 17.3. The maximum atomic E-state index is 6.17. The van der Waals surface area contributed by atoms with E-state index in [0.29, 0.717) is 41.5 Å². The lowest BCUT2D eigenvalue weighted by Crippen LogP contribution is -2.35. The summed E-state index contributed by atoms with van der Waals surface area (Å²) in [6, 6.07) is 6.42. The standard InChI is InChI=1S/C15H12Cl6N4/c1-25(14-11(19)2-7(16)3-12(14)20)15(22)24-6-23-8-4-9(17)13(21)10(18)5-8/h2-5,23H,6H2,1H3,(H2,22,24). The van der Waals surface area contributed by atoms with Gasteiger partial charge >= 0.3 is 0 Å². The maximum absolute atomic E-state index is 6.17. The van der Waals surface area contributed by atoms with E-state index in [-0.39, 0.29) is 12.6 Å². The van der Waals surface area contributed by atoms with Crippen molar-refractivity contribution in [3.05, 3.63) is 54.4 Å². The summed E-state index contributed by atoms with van der Waals surface area (Å²) >= 11 is 36.1. The average Bonchev–Trinajstić information content (AvgIpc) is 2.51. The van der Waals surface area contributed by atoms with Gasteiger partial charge in [-0.25, -0.2) is 4.99 Å².